The summed E-state index contributed by atoms with van der Waals surface area (Å²) < 4.78 is 10.4. The summed E-state index contributed by atoms with van der Waals surface area (Å²) in [6.07, 6.45) is 0.464. The zero-order valence-corrected chi connectivity index (χ0v) is 15.2. The molecule has 1 heterocycles. The molecule has 1 unspecified atom stereocenters. The van der Waals surface area contributed by atoms with Crippen LogP contribution in [-0.4, -0.2) is 36.3 Å². The number of hydrogen-bond donors (Lipinski definition) is 2. The molecule has 7 heteroatoms. The predicted molar refractivity (Wildman–Crippen MR) is 100 cm³/mol. The zero-order chi connectivity index (χ0) is 18.7. The van der Waals surface area contributed by atoms with Gasteiger partial charge in [-0.3, -0.25) is 15.0 Å². The maximum atomic E-state index is 12.8. The van der Waals surface area contributed by atoms with Crippen LogP contribution in [0.15, 0.2) is 42.5 Å². The minimum absolute atomic E-state index is 0.135. The van der Waals surface area contributed by atoms with Gasteiger partial charge in [-0.05, 0) is 36.2 Å². The lowest BCUT2D eigenvalue weighted by Crippen LogP contribution is -2.25. The number of ketones is 1. The summed E-state index contributed by atoms with van der Waals surface area (Å²) in [5.74, 6) is 0.747. The Morgan fingerprint density at radius 2 is 1.85 bits per heavy atom. The van der Waals surface area contributed by atoms with Crippen LogP contribution < -0.4 is 14.8 Å². The van der Waals surface area contributed by atoms with Gasteiger partial charge < -0.3 is 14.8 Å². The molecule has 0 saturated carbocycles. The van der Waals surface area contributed by atoms with E-state index in [-0.39, 0.29) is 22.1 Å². The van der Waals surface area contributed by atoms with Gasteiger partial charge in [0, 0.05) is 11.1 Å². The predicted octanol–water partition coefficient (Wildman–Crippen LogP) is 2.64. The van der Waals surface area contributed by atoms with Gasteiger partial charge in [-0.2, -0.15) is 0 Å². The number of ether oxygens (including phenoxy) is 2. The largest absolute Gasteiger partial charge is 0.493 e. The third-order valence-corrected chi connectivity index (χ3v) is 5.05. The van der Waals surface area contributed by atoms with Crippen LogP contribution >= 0.6 is 11.8 Å². The quantitative estimate of drug-likeness (QED) is 0.763. The Labute approximate surface area is 155 Å². The number of amides is 1. The topological polar surface area (TPSA) is 88.5 Å². The molecular formula is C19H18N2O4S. The van der Waals surface area contributed by atoms with Crippen molar-refractivity contribution in [1.29, 1.82) is 5.41 Å². The molecule has 0 aromatic heterocycles. The van der Waals surface area contributed by atoms with Crippen molar-refractivity contribution in [3.63, 3.8) is 0 Å². The molecule has 3 rings (SSSR count). The summed E-state index contributed by atoms with van der Waals surface area (Å²) in [7, 11) is 3.06. The molecule has 0 bridgehead atoms. The normalized spacial score (nSPS) is 16.3. The highest BCUT2D eigenvalue weighted by atomic mass is 32.2. The summed E-state index contributed by atoms with van der Waals surface area (Å²) in [5, 5.41) is 9.84. The van der Waals surface area contributed by atoms with E-state index >= 15 is 0 Å². The van der Waals surface area contributed by atoms with Crippen LogP contribution in [0.3, 0.4) is 0 Å². The zero-order valence-electron chi connectivity index (χ0n) is 14.4. The number of carbonyl (C=O) groups excluding carboxylic acids is 2. The summed E-state index contributed by atoms with van der Waals surface area (Å²) in [4.78, 5) is 24.6. The first kappa shape index (κ1) is 18.0. The van der Waals surface area contributed by atoms with E-state index in [0.29, 0.717) is 29.0 Å². The number of amidine groups is 1. The monoisotopic (exact) mass is 370 g/mol. The van der Waals surface area contributed by atoms with Gasteiger partial charge in [-0.15, -0.1) is 0 Å². The minimum Gasteiger partial charge on any atom is -0.493 e. The number of carbonyl (C=O) groups is 2. The second-order valence-corrected chi connectivity index (χ2v) is 6.94. The number of rotatable bonds is 6. The lowest BCUT2D eigenvalue weighted by Gasteiger charge is -2.10. The fraction of sp³-hybridized carbons (Fsp3) is 0.211. The Hall–Kier alpha value is -2.80. The van der Waals surface area contributed by atoms with Gasteiger partial charge in [0.25, 0.3) is 0 Å². The summed E-state index contributed by atoms with van der Waals surface area (Å²) in [6.45, 7) is 0. The van der Waals surface area contributed by atoms with E-state index in [1.165, 1.54) is 18.9 Å². The van der Waals surface area contributed by atoms with E-state index in [4.69, 9.17) is 14.9 Å². The molecule has 1 aliphatic rings. The second kappa shape index (κ2) is 7.61. The van der Waals surface area contributed by atoms with Gasteiger partial charge in [0.15, 0.2) is 22.4 Å². The molecule has 1 saturated heterocycles. The number of methoxy groups -OCH3 is 2. The lowest BCUT2D eigenvalue weighted by atomic mass is 9.99. The van der Waals surface area contributed by atoms with Gasteiger partial charge in [0.2, 0.25) is 5.91 Å². The Morgan fingerprint density at radius 3 is 2.50 bits per heavy atom. The fourth-order valence-corrected chi connectivity index (χ4v) is 3.64. The summed E-state index contributed by atoms with van der Waals surface area (Å²) >= 11 is 1.20. The highest BCUT2D eigenvalue weighted by Gasteiger charge is 2.29. The Bertz CT molecular complexity index is 882. The van der Waals surface area contributed by atoms with Crippen molar-refractivity contribution in [2.45, 2.75) is 11.7 Å². The van der Waals surface area contributed by atoms with Crippen LogP contribution in [0, 0.1) is 5.41 Å². The van der Waals surface area contributed by atoms with Gasteiger partial charge in [0.1, 0.15) is 0 Å². The van der Waals surface area contributed by atoms with Crippen molar-refractivity contribution in [3.8, 4) is 11.5 Å². The van der Waals surface area contributed by atoms with E-state index in [1.54, 1.807) is 43.5 Å². The van der Waals surface area contributed by atoms with Crippen LogP contribution in [0.25, 0.3) is 0 Å². The SMILES string of the molecule is COc1ccc(C(=O)c2cccc(CC3SC(=N)NC3=O)c2)cc1OC. The maximum Gasteiger partial charge on any atom is 0.239 e. The molecule has 0 radical (unpaired) electrons. The van der Waals surface area contributed by atoms with Crippen LogP contribution in [0.2, 0.25) is 0 Å². The lowest BCUT2D eigenvalue weighted by molar-refractivity contribution is -0.118. The third-order valence-electron chi connectivity index (χ3n) is 4.05. The molecule has 0 spiro atoms. The van der Waals surface area contributed by atoms with Gasteiger partial charge in [-0.1, -0.05) is 30.0 Å². The smallest absolute Gasteiger partial charge is 0.239 e. The molecule has 134 valence electrons. The summed E-state index contributed by atoms with van der Waals surface area (Å²) in [6, 6.07) is 12.2. The molecule has 1 fully saturated rings. The number of thioether (sulfide) groups is 1. The average molecular weight is 370 g/mol. The Morgan fingerprint density at radius 1 is 1.12 bits per heavy atom. The van der Waals surface area contributed by atoms with Crippen molar-refractivity contribution >= 4 is 28.6 Å². The third kappa shape index (κ3) is 3.72. The van der Waals surface area contributed by atoms with Crippen LogP contribution in [-0.2, 0) is 11.2 Å². The van der Waals surface area contributed by atoms with E-state index < -0.39 is 0 Å². The molecule has 6 nitrogen and oxygen atoms in total. The van der Waals surface area contributed by atoms with E-state index in [9.17, 15) is 9.59 Å². The van der Waals surface area contributed by atoms with Crippen molar-refractivity contribution in [3.05, 3.63) is 59.2 Å². The van der Waals surface area contributed by atoms with Crippen molar-refractivity contribution in [2.75, 3.05) is 14.2 Å². The van der Waals surface area contributed by atoms with Crippen molar-refractivity contribution < 1.29 is 19.1 Å². The first-order valence-corrected chi connectivity index (χ1v) is 8.81. The summed E-state index contributed by atoms with van der Waals surface area (Å²) in [5.41, 5.74) is 1.90. The standard InChI is InChI=1S/C19H18N2O4S/c1-24-14-7-6-13(10-15(14)25-2)17(22)12-5-3-4-11(8-12)9-16-18(23)21-19(20)26-16/h3-8,10,16H,9H2,1-2H3,(H2,20,21,23). The minimum atomic E-state index is -0.339. The molecule has 2 N–H and O–H groups in total. The molecule has 1 atom stereocenters. The Balaban J connectivity index is 1.82. The number of nitrogens with one attached hydrogen (secondary N) is 2. The second-order valence-electron chi connectivity index (χ2n) is 5.73. The first-order valence-electron chi connectivity index (χ1n) is 7.93. The molecular weight excluding hydrogens is 352 g/mol. The van der Waals surface area contributed by atoms with Crippen molar-refractivity contribution in [1.82, 2.24) is 5.32 Å². The molecule has 2 aromatic carbocycles. The molecule has 2 aromatic rings. The van der Waals surface area contributed by atoms with Crippen LogP contribution in [0.4, 0.5) is 0 Å². The van der Waals surface area contributed by atoms with E-state index in [0.717, 1.165) is 5.56 Å². The molecule has 1 amide bonds. The van der Waals surface area contributed by atoms with Crippen LogP contribution in [0.5, 0.6) is 11.5 Å². The highest BCUT2D eigenvalue weighted by Crippen LogP contribution is 2.29. The fourth-order valence-electron chi connectivity index (χ4n) is 2.75. The number of benzene rings is 2. The van der Waals surface area contributed by atoms with Crippen molar-refractivity contribution in [2.24, 2.45) is 0 Å². The van der Waals surface area contributed by atoms with Gasteiger partial charge in [0.05, 0.1) is 19.5 Å². The first-order chi connectivity index (χ1) is 12.5. The Kier molecular flexibility index (Phi) is 5.27. The van der Waals surface area contributed by atoms with Gasteiger partial charge >= 0.3 is 0 Å². The maximum absolute atomic E-state index is 12.8. The highest BCUT2D eigenvalue weighted by molar-refractivity contribution is 8.15. The molecule has 1 aliphatic heterocycles. The van der Waals surface area contributed by atoms with Gasteiger partial charge in [-0.25, -0.2) is 0 Å². The number of hydrogen-bond acceptors (Lipinski definition) is 6. The molecule has 0 aliphatic carbocycles. The van der Waals surface area contributed by atoms with E-state index in [2.05, 4.69) is 5.32 Å². The molecule has 26 heavy (non-hydrogen) atoms. The van der Waals surface area contributed by atoms with Crippen LogP contribution in [0.1, 0.15) is 21.5 Å². The van der Waals surface area contributed by atoms with E-state index in [1.807, 2.05) is 6.07 Å². The average Bonchev–Trinajstić information content (AvgIpc) is 2.97.